The van der Waals surface area contributed by atoms with E-state index in [0.717, 1.165) is 0 Å². The molecule has 2 aromatic rings. The van der Waals surface area contributed by atoms with E-state index in [4.69, 9.17) is 0 Å². The fourth-order valence-corrected chi connectivity index (χ4v) is 1.85. The Balaban J connectivity index is 1.89. The SMILES string of the molecule is C(#CSc1ccccc1)/C=C/c1ccccc1. The molecule has 1 heteroatoms. The van der Waals surface area contributed by atoms with Gasteiger partial charge in [-0.3, -0.25) is 0 Å². The van der Waals surface area contributed by atoms with Crippen molar-refractivity contribution in [3.05, 3.63) is 72.3 Å². The largest absolute Gasteiger partial charge is 0.0626 e. The number of hydrogen-bond acceptors (Lipinski definition) is 1. The molecule has 0 aliphatic carbocycles. The van der Waals surface area contributed by atoms with Crippen LogP contribution in [0.3, 0.4) is 0 Å². The molecule has 0 amide bonds. The molecule has 0 heterocycles. The molecule has 82 valence electrons. The van der Waals surface area contributed by atoms with E-state index in [1.165, 1.54) is 10.5 Å². The fraction of sp³-hybridized carbons (Fsp3) is 0. The van der Waals surface area contributed by atoms with Gasteiger partial charge in [0.25, 0.3) is 0 Å². The molecule has 0 aliphatic heterocycles. The Hall–Kier alpha value is -1.91. The first-order valence-electron chi connectivity index (χ1n) is 5.39. The van der Waals surface area contributed by atoms with Gasteiger partial charge in [0.05, 0.1) is 0 Å². The minimum Gasteiger partial charge on any atom is -0.0626 e. The normalized spacial score (nSPS) is 9.88. The Bertz CT molecular complexity index is 530. The van der Waals surface area contributed by atoms with Crippen molar-refractivity contribution in [1.29, 1.82) is 0 Å². The van der Waals surface area contributed by atoms with E-state index >= 15 is 0 Å². The summed E-state index contributed by atoms with van der Waals surface area (Å²) in [5.74, 6) is 3.01. The van der Waals surface area contributed by atoms with Crippen molar-refractivity contribution in [3.63, 3.8) is 0 Å². The molecule has 0 aliphatic rings. The number of thioether (sulfide) groups is 1. The van der Waals surface area contributed by atoms with E-state index in [1.807, 2.05) is 48.6 Å². The number of hydrogen-bond donors (Lipinski definition) is 0. The summed E-state index contributed by atoms with van der Waals surface area (Å²) in [7, 11) is 0. The minimum absolute atomic E-state index is 1.17. The third-order valence-electron chi connectivity index (χ3n) is 2.13. The average Bonchev–Trinajstić information content (AvgIpc) is 2.41. The van der Waals surface area contributed by atoms with Gasteiger partial charge in [0.1, 0.15) is 0 Å². The van der Waals surface area contributed by atoms with E-state index in [0.29, 0.717) is 0 Å². The van der Waals surface area contributed by atoms with Crippen LogP contribution in [0.5, 0.6) is 0 Å². The lowest BCUT2D eigenvalue weighted by Gasteiger charge is -1.89. The third kappa shape index (κ3) is 4.22. The summed E-state index contributed by atoms with van der Waals surface area (Å²) in [6.07, 6.45) is 3.89. The molecule has 0 N–H and O–H groups in total. The van der Waals surface area contributed by atoms with Crippen LogP contribution in [-0.2, 0) is 0 Å². The van der Waals surface area contributed by atoms with Gasteiger partial charge >= 0.3 is 0 Å². The van der Waals surface area contributed by atoms with Gasteiger partial charge in [-0.25, -0.2) is 0 Å². The summed E-state index contributed by atoms with van der Waals surface area (Å²) in [5.41, 5.74) is 1.17. The van der Waals surface area contributed by atoms with Crippen LogP contribution < -0.4 is 0 Å². The third-order valence-corrected chi connectivity index (χ3v) is 2.86. The summed E-state index contributed by atoms with van der Waals surface area (Å²) in [5, 5.41) is 3.05. The summed E-state index contributed by atoms with van der Waals surface area (Å²) >= 11 is 1.54. The Morgan fingerprint density at radius 3 is 2.18 bits per heavy atom. The van der Waals surface area contributed by atoms with Crippen molar-refractivity contribution in [2.24, 2.45) is 0 Å². The second-order valence-electron chi connectivity index (χ2n) is 3.41. The molecule has 0 unspecified atom stereocenters. The van der Waals surface area contributed by atoms with Crippen molar-refractivity contribution in [2.45, 2.75) is 4.90 Å². The smallest absolute Gasteiger partial charge is 0.0203 e. The monoisotopic (exact) mass is 236 g/mol. The van der Waals surface area contributed by atoms with Gasteiger partial charge in [-0.15, -0.1) is 0 Å². The van der Waals surface area contributed by atoms with E-state index in [1.54, 1.807) is 11.8 Å². The summed E-state index contributed by atoms with van der Waals surface area (Å²) in [6.45, 7) is 0. The van der Waals surface area contributed by atoms with Crippen LogP contribution in [-0.4, -0.2) is 0 Å². The molecular formula is C16H12S. The lowest BCUT2D eigenvalue weighted by Crippen LogP contribution is -1.67. The Morgan fingerprint density at radius 1 is 0.824 bits per heavy atom. The summed E-state index contributed by atoms with van der Waals surface area (Å²) in [4.78, 5) is 1.17. The van der Waals surface area contributed by atoms with Crippen LogP contribution in [0.4, 0.5) is 0 Å². The van der Waals surface area contributed by atoms with E-state index < -0.39 is 0 Å². The van der Waals surface area contributed by atoms with Gasteiger partial charge in [0.2, 0.25) is 0 Å². The molecule has 0 fully saturated rings. The zero-order valence-corrected chi connectivity index (χ0v) is 10.2. The average molecular weight is 236 g/mol. The predicted octanol–water partition coefficient (Wildman–Crippen LogP) is 4.45. The van der Waals surface area contributed by atoms with Crippen LogP contribution in [0.1, 0.15) is 5.56 Å². The molecule has 2 rings (SSSR count). The van der Waals surface area contributed by atoms with Gasteiger partial charge in [-0.05, 0) is 46.9 Å². The van der Waals surface area contributed by atoms with Crippen LogP contribution in [0.25, 0.3) is 6.08 Å². The Kier molecular flexibility index (Phi) is 4.51. The maximum Gasteiger partial charge on any atom is 0.0203 e. The maximum absolute atomic E-state index is 3.05. The van der Waals surface area contributed by atoms with Crippen molar-refractivity contribution in [2.75, 3.05) is 0 Å². The minimum atomic E-state index is 1.17. The summed E-state index contributed by atoms with van der Waals surface area (Å²) < 4.78 is 0. The van der Waals surface area contributed by atoms with E-state index in [-0.39, 0.29) is 0 Å². The highest BCUT2D eigenvalue weighted by Crippen LogP contribution is 2.14. The Morgan fingerprint density at radius 2 is 1.47 bits per heavy atom. The molecule has 0 bridgehead atoms. The van der Waals surface area contributed by atoms with Crippen molar-refractivity contribution >= 4 is 17.8 Å². The molecular weight excluding hydrogens is 224 g/mol. The lowest BCUT2D eigenvalue weighted by atomic mass is 10.2. The van der Waals surface area contributed by atoms with Crippen LogP contribution in [0.15, 0.2) is 71.6 Å². The van der Waals surface area contributed by atoms with Gasteiger partial charge < -0.3 is 0 Å². The molecule has 0 saturated carbocycles. The standard InChI is InChI=1S/C16H12S/c1-3-9-15(10-4-1)11-7-8-14-17-16-12-5-2-6-13-16/h1-7,9-13H/b11-7+. The first-order chi connectivity index (χ1) is 8.45. The molecule has 0 aromatic heterocycles. The van der Waals surface area contributed by atoms with Crippen LogP contribution in [0, 0.1) is 11.2 Å². The highest BCUT2D eigenvalue weighted by atomic mass is 32.2. The predicted molar refractivity (Wildman–Crippen MR) is 75.6 cm³/mol. The van der Waals surface area contributed by atoms with Crippen molar-refractivity contribution in [1.82, 2.24) is 0 Å². The summed E-state index contributed by atoms with van der Waals surface area (Å²) in [6, 6.07) is 20.3. The number of rotatable bonds is 2. The first kappa shape index (κ1) is 11.6. The van der Waals surface area contributed by atoms with Crippen LogP contribution >= 0.6 is 11.8 Å². The lowest BCUT2D eigenvalue weighted by molar-refractivity contribution is 1.47. The van der Waals surface area contributed by atoms with Gasteiger partial charge in [-0.1, -0.05) is 54.5 Å². The van der Waals surface area contributed by atoms with E-state index in [9.17, 15) is 0 Å². The first-order valence-corrected chi connectivity index (χ1v) is 6.21. The van der Waals surface area contributed by atoms with Gasteiger partial charge in [-0.2, -0.15) is 0 Å². The molecule has 17 heavy (non-hydrogen) atoms. The topological polar surface area (TPSA) is 0 Å². The van der Waals surface area contributed by atoms with Gasteiger partial charge in [0, 0.05) is 4.90 Å². The molecule has 0 atom stereocenters. The second-order valence-corrected chi connectivity index (χ2v) is 4.29. The van der Waals surface area contributed by atoms with Crippen LogP contribution in [0.2, 0.25) is 0 Å². The molecule has 2 aromatic carbocycles. The quantitative estimate of drug-likeness (QED) is 0.548. The highest BCUT2D eigenvalue weighted by Gasteiger charge is 1.85. The number of benzene rings is 2. The zero-order valence-electron chi connectivity index (χ0n) is 9.34. The number of allylic oxidation sites excluding steroid dienone is 1. The fourth-order valence-electron chi connectivity index (χ4n) is 1.31. The molecule has 0 radical (unpaired) electrons. The zero-order chi connectivity index (χ0) is 11.8. The van der Waals surface area contributed by atoms with E-state index in [2.05, 4.69) is 35.4 Å². The molecule has 0 nitrogen and oxygen atoms in total. The van der Waals surface area contributed by atoms with Gasteiger partial charge in [0.15, 0.2) is 0 Å². The highest BCUT2D eigenvalue weighted by molar-refractivity contribution is 8.03. The van der Waals surface area contributed by atoms with Crippen molar-refractivity contribution < 1.29 is 0 Å². The second kappa shape index (κ2) is 6.62. The maximum atomic E-state index is 3.05. The van der Waals surface area contributed by atoms with Crippen molar-refractivity contribution in [3.8, 4) is 11.2 Å². The molecule has 0 saturated heterocycles. The molecule has 0 spiro atoms. The Labute approximate surface area is 106 Å².